The molecule has 0 spiro atoms. The van der Waals surface area contributed by atoms with E-state index in [9.17, 15) is 14.4 Å². The molecule has 0 bridgehead atoms. The highest BCUT2D eigenvalue weighted by Crippen LogP contribution is 2.19. The van der Waals surface area contributed by atoms with Gasteiger partial charge in [-0.05, 0) is 51.5 Å². The number of hydrogen-bond acceptors (Lipinski definition) is 5. The van der Waals surface area contributed by atoms with Gasteiger partial charge in [0.05, 0.1) is 5.60 Å². The normalized spacial score (nSPS) is 17.4. The van der Waals surface area contributed by atoms with Crippen molar-refractivity contribution in [3.05, 3.63) is 35.9 Å². The summed E-state index contributed by atoms with van der Waals surface area (Å²) in [5.74, 6) is -0.653. The van der Waals surface area contributed by atoms with E-state index in [1.807, 2.05) is 65.0 Å². The molecule has 1 aromatic rings. The van der Waals surface area contributed by atoms with Crippen LogP contribution in [-0.2, 0) is 25.8 Å². The Kier molecular flexibility index (Phi) is 8.86. The number of carbonyl (C=O) groups is 3. The van der Waals surface area contributed by atoms with Gasteiger partial charge < -0.3 is 15.0 Å². The standard InChI is InChI=1S/C23H35N3O5/c1-16(2)14-18(21(28)30-15-17-10-7-6-8-11-17)24-20(27)19-12-9-13-26(19)22(29)25-31-23(3,4)5/h6-8,10-11,16,18-19H,9,12-15H2,1-5H3,(H,24,27)(H,25,29)/t18?,19-/m1/s1. The molecule has 31 heavy (non-hydrogen) atoms. The van der Waals surface area contributed by atoms with Crippen LogP contribution < -0.4 is 10.8 Å². The predicted octanol–water partition coefficient (Wildman–Crippen LogP) is 3.16. The highest BCUT2D eigenvalue weighted by atomic mass is 16.7. The molecule has 8 heteroatoms. The molecule has 1 fully saturated rings. The van der Waals surface area contributed by atoms with Crippen LogP contribution in [-0.4, -0.2) is 47.0 Å². The molecule has 0 aliphatic carbocycles. The second-order valence-corrected chi connectivity index (χ2v) is 9.26. The number of nitrogens with one attached hydrogen (secondary N) is 2. The van der Waals surface area contributed by atoms with Crippen LogP contribution in [0.25, 0.3) is 0 Å². The Balaban J connectivity index is 1.98. The van der Waals surface area contributed by atoms with Crippen molar-refractivity contribution < 1.29 is 24.0 Å². The van der Waals surface area contributed by atoms with E-state index >= 15 is 0 Å². The second kappa shape index (κ2) is 11.1. The van der Waals surface area contributed by atoms with Crippen LogP contribution in [0.1, 0.15) is 59.4 Å². The van der Waals surface area contributed by atoms with Crippen LogP contribution in [0, 0.1) is 5.92 Å². The minimum Gasteiger partial charge on any atom is -0.459 e. The maximum absolute atomic E-state index is 13.0. The second-order valence-electron chi connectivity index (χ2n) is 9.26. The van der Waals surface area contributed by atoms with E-state index in [1.165, 1.54) is 4.90 Å². The Bertz CT molecular complexity index is 745. The topological polar surface area (TPSA) is 97.0 Å². The number of esters is 1. The van der Waals surface area contributed by atoms with E-state index in [2.05, 4.69) is 10.8 Å². The molecule has 1 heterocycles. The maximum atomic E-state index is 13.0. The van der Waals surface area contributed by atoms with Gasteiger partial charge in [0.25, 0.3) is 0 Å². The number of amides is 3. The largest absolute Gasteiger partial charge is 0.459 e. The molecule has 1 aromatic carbocycles. The first-order chi connectivity index (χ1) is 14.6. The lowest BCUT2D eigenvalue weighted by atomic mass is 10.0. The smallest absolute Gasteiger partial charge is 0.342 e. The number of carbonyl (C=O) groups excluding carboxylic acids is 3. The van der Waals surface area contributed by atoms with Gasteiger partial charge in [-0.1, -0.05) is 44.2 Å². The van der Waals surface area contributed by atoms with Crippen molar-refractivity contribution in [2.45, 2.75) is 78.2 Å². The molecule has 2 N–H and O–H groups in total. The third-order valence-corrected chi connectivity index (χ3v) is 4.79. The van der Waals surface area contributed by atoms with Crippen molar-refractivity contribution in [2.24, 2.45) is 5.92 Å². The molecule has 1 saturated heterocycles. The van der Waals surface area contributed by atoms with E-state index in [1.54, 1.807) is 0 Å². The third kappa shape index (κ3) is 8.20. The van der Waals surface area contributed by atoms with Crippen molar-refractivity contribution >= 4 is 17.9 Å². The maximum Gasteiger partial charge on any atom is 0.342 e. The van der Waals surface area contributed by atoms with Gasteiger partial charge in [0.15, 0.2) is 0 Å². The summed E-state index contributed by atoms with van der Waals surface area (Å²) in [7, 11) is 0. The number of likely N-dealkylation sites (tertiary alicyclic amines) is 1. The lowest BCUT2D eigenvalue weighted by Gasteiger charge is -2.28. The summed E-state index contributed by atoms with van der Waals surface area (Å²) in [6.45, 7) is 10.00. The van der Waals surface area contributed by atoms with Gasteiger partial charge in [0, 0.05) is 6.54 Å². The summed E-state index contributed by atoms with van der Waals surface area (Å²) in [5.41, 5.74) is 2.75. The van der Waals surface area contributed by atoms with Gasteiger partial charge in [-0.2, -0.15) is 0 Å². The van der Waals surface area contributed by atoms with Crippen LogP contribution in [0.2, 0.25) is 0 Å². The van der Waals surface area contributed by atoms with Crippen molar-refractivity contribution in [3.8, 4) is 0 Å². The molecule has 2 rings (SSSR count). The predicted molar refractivity (Wildman–Crippen MR) is 117 cm³/mol. The van der Waals surface area contributed by atoms with E-state index in [-0.39, 0.29) is 18.4 Å². The van der Waals surface area contributed by atoms with Gasteiger partial charge in [-0.25, -0.2) is 15.1 Å². The average molecular weight is 434 g/mol. The van der Waals surface area contributed by atoms with Gasteiger partial charge in [-0.15, -0.1) is 0 Å². The van der Waals surface area contributed by atoms with Crippen LogP contribution in [0.4, 0.5) is 4.79 Å². The molecular formula is C23H35N3O5. The molecule has 172 valence electrons. The molecule has 0 saturated carbocycles. The zero-order valence-electron chi connectivity index (χ0n) is 19.1. The number of ether oxygens (including phenoxy) is 1. The fourth-order valence-corrected chi connectivity index (χ4v) is 3.32. The quantitative estimate of drug-likeness (QED) is 0.485. The van der Waals surface area contributed by atoms with Crippen LogP contribution >= 0.6 is 0 Å². The zero-order chi connectivity index (χ0) is 23.0. The third-order valence-electron chi connectivity index (χ3n) is 4.79. The summed E-state index contributed by atoms with van der Waals surface area (Å²) < 4.78 is 5.44. The lowest BCUT2D eigenvalue weighted by molar-refractivity contribution is -0.150. The SMILES string of the molecule is CC(C)CC(NC(=O)[C@H]1CCCN1C(=O)NOC(C)(C)C)C(=O)OCc1ccccc1. The number of nitrogens with zero attached hydrogens (tertiary/aromatic N) is 1. The summed E-state index contributed by atoms with van der Waals surface area (Å²) in [5, 5.41) is 2.81. The minimum atomic E-state index is -0.771. The Labute approximate surface area is 184 Å². The monoisotopic (exact) mass is 433 g/mol. The minimum absolute atomic E-state index is 0.145. The zero-order valence-corrected chi connectivity index (χ0v) is 19.1. The Hall–Kier alpha value is -2.61. The van der Waals surface area contributed by atoms with E-state index in [0.717, 1.165) is 5.56 Å². The Morgan fingerprint density at radius 1 is 1.16 bits per heavy atom. The van der Waals surface area contributed by atoms with E-state index in [4.69, 9.17) is 9.57 Å². The highest BCUT2D eigenvalue weighted by molar-refractivity contribution is 5.90. The highest BCUT2D eigenvalue weighted by Gasteiger charge is 2.36. The first-order valence-electron chi connectivity index (χ1n) is 10.8. The molecule has 1 aliphatic rings. The summed E-state index contributed by atoms with van der Waals surface area (Å²) in [6.07, 6.45) is 1.68. The van der Waals surface area contributed by atoms with Gasteiger partial charge in [-0.3, -0.25) is 9.63 Å². The molecule has 8 nitrogen and oxygen atoms in total. The number of urea groups is 1. The van der Waals surface area contributed by atoms with Crippen molar-refractivity contribution in [1.82, 2.24) is 15.7 Å². The first-order valence-corrected chi connectivity index (χ1v) is 10.8. The van der Waals surface area contributed by atoms with Crippen molar-refractivity contribution in [1.29, 1.82) is 0 Å². The average Bonchev–Trinajstić information content (AvgIpc) is 3.19. The Morgan fingerprint density at radius 3 is 2.45 bits per heavy atom. The first kappa shape index (κ1) is 24.7. The number of benzene rings is 1. The van der Waals surface area contributed by atoms with Crippen molar-refractivity contribution in [3.63, 3.8) is 0 Å². The van der Waals surface area contributed by atoms with Gasteiger partial charge >= 0.3 is 12.0 Å². The van der Waals surface area contributed by atoms with E-state index in [0.29, 0.717) is 25.8 Å². The fraction of sp³-hybridized carbons (Fsp3) is 0.609. The van der Waals surface area contributed by atoms with Crippen LogP contribution in [0.15, 0.2) is 30.3 Å². The molecular weight excluding hydrogens is 398 g/mol. The van der Waals surface area contributed by atoms with Gasteiger partial charge in [0.2, 0.25) is 5.91 Å². The molecule has 1 aliphatic heterocycles. The molecule has 1 unspecified atom stereocenters. The molecule has 3 amide bonds. The summed E-state index contributed by atoms with van der Waals surface area (Å²) in [6, 6.07) is 7.51. The summed E-state index contributed by atoms with van der Waals surface area (Å²) >= 11 is 0. The van der Waals surface area contributed by atoms with E-state index < -0.39 is 29.7 Å². The molecule has 2 atom stereocenters. The van der Waals surface area contributed by atoms with Crippen LogP contribution in [0.5, 0.6) is 0 Å². The number of hydrogen-bond donors (Lipinski definition) is 2. The lowest BCUT2D eigenvalue weighted by Crippen LogP contribution is -2.53. The van der Waals surface area contributed by atoms with Gasteiger partial charge in [0.1, 0.15) is 18.7 Å². The van der Waals surface area contributed by atoms with Crippen LogP contribution in [0.3, 0.4) is 0 Å². The van der Waals surface area contributed by atoms with Crippen molar-refractivity contribution in [2.75, 3.05) is 6.54 Å². The fourth-order valence-electron chi connectivity index (χ4n) is 3.32. The number of hydroxylamine groups is 1. The molecule has 0 aromatic heterocycles. The number of rotatable bonds is 8. The summed E-state index contributed by atoms with van der Waals surface area (Å²) in [4.78, 5) is 44.9. The molecule has 0 radical (unpaired) electrons. The Morgan fingerprint density at radius 2 is 1.84 bits per heavy atom.